The van der Waals surface area contributed by atoms with Crippen molar-refractivity contribution < 1.29 is 19.2 Å². The molecule has 8 nitrogen and oxygen atoms in total. The SMILES string of the molecule is CCCn1c(CC[C@H](NC(C(=O)OC(C)(C)C)C2CCCCC2)C(=O)NOCc2ccccc2)nc2ccccc21. The summed E-state index contributed by atoms with van der Waals surface area (Å²) < 4.78 is 8.08. The molecule has 3 aromatic rings. The second kappa shape index (κ2) is 14.6. The molecule has 0 spiro atoms. The number of nitrogens with zero attached hydrogens (tertiary/aromatic N) is 2. The fraction of sp³-hybridized carbons (Fsp3) is 0.545. The summed E-state index contributed by atoms with van der Waals surface area (Å²) in [4.78, 5) is 37.6. The fourth-order valence-corrected chi connectivity index (χ4v) is 5.63. The Hall–Kier alpha value is -3.23. The molecule has 2 aromatic carbocycles. The number of rotatable bonds is 13. The Bertz CT molecular complexity index is 1260. The number of fused-ring (bicyclic) bond motifs is 1. The van der Waals surface area contributed by atoms with E-state index in [0.717, 1.165) is 61.1 Å². The van der Waals surface area contributed by atoms with Gasteiger partial charge < -0.3 is 9.30 Å². The summed E-state index contributed by atoms with van der Waals surface area (Å²) in [6, 6.07) is 16.6. The maximum Gasteiger partial charge on any atom is 0.323 e. The average molecular weight is 563 g/mol. The quantitative estimate of drug-likeness (QED) is 0.200. The van der Waals surface area contributed by atoms with Crippen LogP contribution in [0.15, 0.2) is 54.6 Å². The minimum Gasteiger partial charge on any atom is -0.459 e. The van der Waals surface area contributed by atoms with E-state index in [0.29, 0.717) is 12.8 Å². The van der Waals surface area contributed by atoms with Crippen molar-refractivity contribution in [1.29, 1.82) is 0 Å². The van der Waals surface area contributed by atoms with Gasteiger partial charge in [-0.15, -0.1) is 0 Å². The Morgan fingerprint density at radius 3 is 2.44 bits per heavy atom. The van der Waals surface area contributed by atoms with Crippen LogP contribution in [0.2, 0.25) is 0 Å². The van der Waals surface area contributed by atoms with Gasteiger partial charge in [0.05, 0.1) is 23.7 Å². The molecule has 1 aliphatic carbocycles. The first-order valence-corrected chi connectivity index (χ1v) is 15.1. The molecule has 1 aromatic heterocycles. The lowest BCUT2D eigenvalue weighted by Crippen LogP contribution is -2.55. The van der Waals surface area contributed by atoms with Gasteiger partial charge in [0.15, 0.2) is 0 Å². The third-order valence-corrected chi connectivity index (χ3v) is 7.57. The predicted octanol–water partition coefficient (Wildman–Crippen LogP) is 5.88. The highest BCUT2D eigenvalue weighted by Gasteiger charge is 2.36. The first-order valence-electron chi connectivity index (χ1n) is 15.1. The van der Waals surface area contributed by atoms with Crippen LogP contribution in [0.3, 0.4) is 0 Å². The zero-order chi connectivity index (χ0) is 29.2. The van der Waals surface area contributed by atoms with E-state index in [2.05, 4.69) is 28.4 Å². The topological polar surface area (TPSA) is 94.5 Å². The van der Waals surface area contributed by atoms with Gasteiger partial charge in [-0.1, -0.05) is 68.7 Å². The molecule has 1 aliphatic rings. The minimum absolute atomic E-state index is 0.115. The number of para-hydroxylation sites is 2. The second-order valence-electron chi connectivity index (χ2n) is 12.1. The number of amides is 1. The van der Waals surface area contributed by atoms with E-state index in [1.807, 2.05) is 69.3 Å². The normalized spacial score (nSPS) is 15.9. The van der Waals surface area contributed by atoms with Crippen LogP contribution < -0.4 is 10.8 Å². The van der Waals surface area contributed by atoms with Gasteiger partial charge in [0.25, 0.3) is 5.91 Å². The van der Waals surface area contributed by atoms with Crippen molar-refractivity contribution in [2.24, 2.45) is 5.92 Å². The van der Waals surface area contributed by atoms with Gasteiger partial charge in [-0.25, -0.2) is 10.5 Å². The Kier molecular flexibility index (Phi) is 10.9. The molecule has 1 heterocycles. The number of carbonyl (C=O) groups is 2. The lowest BCUT2D eigenvalue weighted by atomic mass is 9.83. The number of aryl methyl sites for hydroxylation is 2. The van der Waals surface area contributed by atoms with Crippen LogP contribution in [-0.2, 0) is 38.7 Å². The van der Waals surface area contributed by atoms with Crippen LogP contribution in [0.4, 0.5) is 0 Å². The molecule has 1 unspecified atom stereocenters. The predicted molar refractivity (Wildman–Crippen MR) is 161 cm³/mol. The van der Waals surface area contributed by atoms with Crippen LogP contribution in [0.5, 0.6) is 0 Å². The maximum absolute atomic E-state index is 13.6. The largest absolute Gasteiger partial charge is 0.459 e. The number of imidazole rings is 1. The van der Waals surface area contributed by atoms with E-state index in [1.165, 1.54) is 6.42 Å². The minimum atomic E-state index is -0.667. The van der Waals surface area contributed by atoms with Crippen molar-refractivity contribution in [1.82, 2.24) is 20.3 Å². The molecular weight excluding hydrogens is 516 g/mol. The molecular formula is C33H46N4O4. The molecule has 1 fully saturated rings. The Labute approximate surface area is 244 Å². The third-order valence-electron chi connectivity index (χ3n) is 7.57. The van der Waals surface area contributed by atoms with E-state index < -0.39 is 17.7 Å². The van der Waals surface area contributed by atoms with Crippen molar-refractivity contribution in [3.63, 3.8) is 0 Å². The number of ether oxygens (including phenoxy) is 1. The van der Waals surface area contributed by atoms with Crippen LogP contribution in [0.25, 0.3) is 11.0 Å². The number of hydrogen-bond acceptors (Lipinski definition) is 6. The lowest BCUT2D eigenvalue weighted by molar-refractivity contribution is -0.160. The maximum atomic E-state index is 13.6. The second-order valence-corrected chi connectivity index (χ2v) is 12.1. The smallest absolute Gasteiger partial charge is 0.323 e. The molecule has 2 atom stereocenters. The zero-order valence-corrected chi connectivity index (χ0v) is 25.0. The molecule has 1 amide bonds. The zero-order valence-electron chi connectivity index (χ0n) is 25.0. The van der Waals surface area contributed by atoms with Gasteiger partial charge >= 0.3 is 5.97 Å². The molecule has 0 radical (unpaired) electrons. The van der Waals surface area contributed by atoms with Crippen LogP contribution >= 0.6 is 0 Å². The Morgan fingerprint density at radius 1 is 1.02 bits per heavy atom. The summed E-state index contributed by atoms with van der Waals surface area (Å²) in [5, 5.41) is 3.45. The molecule has 8 heteroatoms. The number of carbonyl (C=O) groups excluding carboxylic acids is 2. The first-order chi connectivity index (χ1) is 19.7. The number of nitrogens with one attached hydrogen (secondary N) is 2. The molecule has 2 N–H and O–H groups in total. The van der Waals surface area contributed by atoms with Gasteiger partial charge in [0.1, 0.15) is 17.5 Å². The van der Waals surface area contributed by atoms with Crippen LogP contribution in [0, 0.1) is 5.92 Å². The van der Waals surface area contributed by atoms with Gasteiger partial charge in [0, 0.05) is 13.0 Å². The molecule has 4 rings (SSSR count). The number of hydrogen-bond donors (Lipinski definition) is 2. The van der Waals surface area contributed by atoms with Crippen molar-refractivity contribution in [3.8, 4) is 0 Å². The highest BCUT2D eigenvalue weighted by molar-refractivity contribution is 5.83. The van der Waals surface area contributed by atoms with E-state index in [1.54, 1.807) is 0 Å². The lowest BCUT2D eigenvalue weighted by Gasteiger charge is -2.34. The summed E-state index contributed by atoms with van der Waals surface area (Å²) >= 11 is 0. The molecule has 0 aliphatic heterocycles. The fourth-order valence-electron chi connectivity index (χ4n) is 5.63. The van der Waals surface area contributed by atoms with Gasteiger partial charge in [0.2, 0.25) is 0 Å². The molecule has 222 valence electrons. The number of aromatic nitrogens is 2. The van der Waals surface area contributed by atoms with E-state index in [-0.39, 0.29) is 24.4 Å². The summed E-state index contributed by atoms with van der Waals surface area (Å²) in [6.07, 6.45) is 7.19. The Balaban J connectivity index is 1.55. The third kappa shape index (κ3) is 8.88. The summed E-state index contributed by atoms with van der Waals surface area (Å²) in [5.41, 5.74) is 5.03. The monoisotopic (exact) mass is 562 g/mol. The molecule has 0 bridgehead atoms. The number of benzene rings is 2. The van der Waals surface area contributed by atoms with E-state index >= 15 is 0 Å². The van der Waals surface area contributed by atoms with Gasteiger partial charge in [-0.05, 0) is 70.1 Å². The first kappa shape index (κ1) is 30.7. The standard InChI is InChI=1S/C33H46N4O4/c1-5-22-37-28-19-13-12-18-26(28)34-29(37)21-20-27(31(38)36-40-23-24-14-8-6-9-15-24)35-30(25-16-10-7-11-17-25)32(39)41-33(2,3)4/h6,8-9,12-15,18-19,25,27,30,35H,5,7,10-11,16-17,20-23H2,1-4H3,(H,36,38)/t27-,30?/m0/s1. The van der Waals surface area contributed by atoms with Crippen LogP contribution in [-0.4, -0.2) is 39.1 Å². The van der Waals surface area contributed by atoms with Crippen LogP contribution in [0.1, 0.15) is 84.0 Å². The summed E-state index contributed by atoms with van der Waals surface area (Å²) in [7, 11) is 0. The van der Waals surface area contributed by atoms with E-state index in [9.17, 15) is 9.59 Å². The Morgan fingerprint density at radius 2 is 1.73 bits per heavy atom. The average Bonchev–Trinajstić information content (AvgIpc) is 3.30. The van der Waals surface area contributed by atoms with Gasteiger partial charge in [-0.3, -0.25) is 19.7 Å². The van der Waals surface area contributed by atoms with Crippen molar-refractivity contribution in [2.45, 2.75) is 110 Å². The van der Waals surface area contributed by atoms with Crippen molar-refractivity contribution in [2.75, 3.05) is 0 Å². The number of hydroxylamine groups is 1. The van der Waals surface area contributed by atoms with Crippen molar-refractivity contribution >= 4 is 22.9 Å². The molecule has 41 heavy (non-hydrogen) atoms. The molecule has 0 saturated heterocycles. The number of esters is 1. The summed E-state index contributed by atoms with van der Waals surface area (Å²) in [5.74, 6) is 0.446. The highest BCUT2D eigenvalue weighted by atomic mass is 16.7. The van der Waals surface area contributed by atoms with Crippen molar-refractivity contribution in [3.05, 3.63) is 66.0 Å². The van der Waals surface area contributed by atoms with E-state index in [4.69, 9.17) is 14.6 Å². The van der Waals surface area contributed by atoms with Gasteiger partial charge in [-0.2, -0.15) is 0 Å². The summed E-state index contributed by atoms with van der Waals surface area (Å²) in [6.45, 7) is 8.89. The molecule has 1 saturated carbocycles. The highest BCUT2D eigenvalue weighted by Crippen LogP contribution is 2.29.